The Hall–Kier alpha value is -2.21. The van der Waals surface area contributed by atoms with Crippen molar-refractivity contribution in [2.24, 2.45) is 0 Å². The van der Waals surface area contributed by atoms with E-state index in [1.807, 2.05) is 0 Å². The number of benzene rings is 1. The highest BCUT2D eigenvalue weighted by Crippen LogP contribution is 2.26. The molecule has 2 aromatic rings. The molecule has 0 spiro atoms. The van der Waals surface area contributed by atoms with Crippen LogP contribution in [0.3, 0.4) is 0 Å². The molecule has 1 aromatic heterocycles. The van der Waals surface area contributed by atoms with E-state index in [0.717, 1.165) is 6.07 Å². The Morgan fingerprint density at radius 3 is 2.71 bits per heavy atom. The zero-order valence-electron chi connectivity index (χ0n) is 8.45. The predicted octanol–water partition coefficient (Wildman–Crippen LogP) is 1.31. The lowest BCUT2D eigenvalue weighted by Gasteiger charge is -2.06. The molecule has 0 saturated heterocycles. The van der Waals surface area contributed by atoms with E-state index in [2.05, 4.69) is 15.5 Å². The van der Waals surface area contributed by atoms with Crippen LogP contribution in [0.4, 0.5) is 5.69 Å². The Bertz CT molecular complexity index is 617. The van der Waals surface area contributed by atoms with Crippen LogP contribution in [0.15, 0.2) is 29.1 Å². The highest BCUT2D eigenvalue weighted by atomic mass is 35.5. The van der Waals surface area contributed by atoms with Crippen molar-refractivity contribution in [2.75, 3.05) is 5.32 Å². The minimum atomic E-state index is -0.555. The fraction of sp³-hybridized carbons (Fsp3) is 0. The quantitative estimate of drug-likeness (QED) is 0.608. The van der Waals surface area contributed by atoms with E-state index >= 15 is 0 Å². The molecule has 2 rings (SSSR count). The summed E-state index contributed by atoms with van der Waals surface area (Å²) in [6, 6.07) is 5.36. The number of phenols is 1. The number of carbonyl (C=O) groups is 1. The van der Waals surface area contributed by atoms with Gasteiger partial charge in [0.05, 0.1) is 5.69 Å². The number of nitrogens with one attached hydrogen (secondary N) is 3. The molecule has 88 valence electrons. The van der Waals surface area contributed by atoms with Gasteiger partial charge in [-0.3, -0.25) is 19.8 Å². The van der Waals surface area contributed by atoms with E-state index in [9.17, 15) is 14.7 Å². The summed E-state index contributed by atoms with van der Waals surface area (Å²) in [5, 5.41) is 16.9. The molecule has 1 amide bonds. The number of hydrogen-bond acceptors (Lipinski definition) is 3. The second kappa shape index (κ2) is 4.34. The third-order valence-electron chi connectivity index (χ3n) is 2.05. The number of aromatic amines is 2. The topological polar surface area (TPSA) is 98.0 Å². The van der Waals surface area contributed by atoms with Crippen molar-refractivity contribution in [1.82, 2.24) is 10.2 Å². The van der Waals surface area contributed by atoms with Gasteiger partial charge in [-0.05, 0) is 18.2 Å². The second-order valence-electron chi connectivity index (χ2n) is 3.29. The molecule has 4 N–H and O–H groups in total. The summed E-state index contributed by atoms with van der Waals surface area (Å²) < 4.78 is 0. The molecule has 0 atom stereocenters. The van der Waals surface area contributed by atoms with Crippen LogP contribution in [0.2, 0.25) is 5.02 Å². The summed E-state index contributed by atoms with van der Waals surface area (Å²) in [6.07, 6.45) is 0. The van der Waals surface area contributed by atoms with E-state index in [1.165, 1.54) is 18.2 Å². The molecule has 1 heterocycles. The lowest BCUT2D eigenvalue weighted by atomic mass is 10.3. The van der Waals surface area contributed by atoms with Crippen LogP contribution in [0.1, 0.15) is 10.5 Å². The molecule has 0 saturated carbocycles. The van der Waals surface area contributed by atoms with Crippen molar-refractivity contribution in [3.8, 4) is 5.75 Å². The smallest absolute Gasteiger partial charge is 0.273 e. The summed E-state index contributed by atoms with van der Waals surface area (Å²) >= 11 is 5.72. The number of rotatable bonds is 2. The third-order valence-corrected chi connectivity index (χ3v) is 2.28. The monoisotopic (exact) mass is 253 g/mol. The first-order chi connectivity index (χ1) is 8.06. The van der Waals surface area contributed by atoms with Crippen molar-refractivity contribution in [3.05, 3.63) is 45.3 Å². The SMILES string of the molecule is O=C(Nc1cc(Cl)ccc1O)c1cc(=O)[nH][nH]1. The number of anilines is 1. The van der Waals surface area contributed by atoms with Gasteiger partial charge in [0.25, 0.3) is 11.5 Å². The van der Waals surface area contributed by atoms with Crippen LogP contribution in [-0.4, -0.2) is 21.2 Å². The molecule has 1 aromatic carbocycles. The standard InChI is InChI=1S/C10H8ClN3O3/c11-5-1-2-8(15)6(3-5)12-10(17)7-4-9(16)14-13-7/h1-4,15H,(H,12,17)(H2,13,14,16). The first-order valence-electron chi connectivity index (χ1n) is 4.64. The summed E-state index contributed by atoms with van der Waals surface area (Å²) in [6.45, 7) is 0. The minimum absolute atomic E-state index is 0.0642. The van der Waals surface area contributed by atoms with Crippen molar-refractivity contribution >= 4 is 23.2 Å². The number of hydrogen-bond donors (Lipinski definition) is 4. The lowest BCUT2D eigenvalue weighted by Crippen LogP contribution is -2.12. The number of aromatic hydroxyl groups is 1. The Morgan fingerprint density at radius 1 is 1.29 bits per heavy atom. The maximum absolute atomic E-state index is 11.6. The zero-order valence-corrected chi connectivity index (χ0v) is 9.21. The Balaban J connectivity index is 2.24. The molecule has 0 bridgehead atoms. The number of carbonyl (C=O) groups excluding carboxylic acids is 1. The fourth-order valence-electron chi connectivity index (χ4n) is 1.25. The molecule has 0 aliphatic rings. The van der Waals surface area contributed by atoms with Crippen LogP contribution in [0.5, 0.6) is 5.75 Å². The van der Waals surface area contributed by atoms with Crippen LogP contribution >= 0.6 is 11.6 Å². The van der Waals surface area contributed by atoms with Crippen molar-refractivity contribution in [3.63, 3.8) is 0 Å². The van der Waals surface area contributed by atoms with Crippen molar-refractivity contribution in [2.45, 2.75) is 0 Å². The normalized spacial score (nSPS) is 10.2. The molecule has 0 fully saturated rings. The lowest BCUT2D eigenvalue weighted by molar-refractivity contribution is 0.102. The molecule has 17 heavy (non-hydrogen) atoms. The Labute approximate surface area is 100 Å². The summed E-state index contributed by atoms with van der Waals surface area (Å²) in [7, 11) is 0. The molecule has 0 aliphatic heterocycles. The molecule has 0 radical (unpaired) electrons. The molecule has 0 aliphatic carbocycles. The van der Waals surface area contributed by atoms with Gasteiger partial charge in [0.15, 0.2) is 0 Å². The number of halogens is 1. The van der Waals surface area contributed by atoms with Gasteiger partial charge >= 0.3 is 0 Å². The molecule has 7 heteroatoms. The van der Waals surface area contributed by atoms with E-state index in [-0.39, 0.29) is 17.1 Å². The maximum atomic E-state index is 11.6. The fourth-order valence-corrected chi connectivity index (χ4v) is 1.42. The van der Waals surface area contributed by atoms with Crippen LogP contribution in [0.25, 0.3) is 0 Å². The van der Waals surface area contributed by atoms with Gasteiger partial charge in [-0.25, -0.2) is 0 Å². The largest absolute Gasteiger partial charge is 0.506 e. The Kier molecular flexibility index (Phi) is 2.88. The highest BCUT2D eigenvalue weighted by molar-refractivity contribution is 6.31. The number of phenolic OH excluding ortho intramolecular Hbond substituents is 1. The van der Waals surface area contributed by atoms with Gasteiger partial charge in [-0.15, -0.1) is 0 Å². The number of amides is 1. The van der Waals surface area contributed by atoms with Gasteiger partial charge in [0.2, 0.25) is 0 Å². The van der Waals surface area contributed by atoms with E-state index in [0.29, 0.717) is 5.02 Å². The van der Waals surface area contributed by atoms with Crippen LogP contribution < -0.4 is 10.9 Å². The van der Waals surface area contributed by atoms with E-state index < -0.39 is 11.5 Å². The number of H-pyrrole nitrogens is 2. The molecule has 6 nitrogen and oxygen atoms in total. The Morgan fingerprint density at radius 2 is 2.06 bits per heavy atom. The molecule has 0 unspecified atom stereocenters. The summed E-state index contributed by atoms with van der Waals surface area (Å²) in [5.74, 6) is -0.665. The number of aromatic nitrogens is 2. The van der Waals surface area contributed by atoms with Gasteiger partial charge < -0.3 is 10.4 Å². The van der Waals surface area contributed by atoms with Crippen LogP contribution in [-0.2, 0) is 0 Å². The molecular formula is C10H8ClN3O3. The zero-order chi connectivity index (χ0) is 12.4. The van der Waals surface area contributed by atoms with Gasteiger partial charge in [0.1, 0.15) is 11.4 Å². The van der Waals surface area contributed by atoms with E-state index in [1.54, 1.807) is 0 Å². The van der Waals surface area contributed by atoms with E-state index in [4.69, 9.17) is 11.6 Å². The maximum Gasteiger partial charge on any atom is 0.273 e. The van der Waals surface area contributed by atoms with Gasteiger partial charge in [-0.1, -0.05) is 11.6 Å². The summed E-state index contributed by atoms with van der Waals surface area (Å²) in [5.41, 5.74) is -0.176. The second-order valence-corrected chi connectivity index (χ2v) is 3.72. The predicted molar refractivity (Wildman–Crippen MR) is 62.5 cm³/mol. The van der Waals surface area contributed by atoms with Crippen molar-refractivity contribution in [1.29, 1.82) is 0 Å². The minimum Gasteiger partial charge on any atom is -0.506 e. The highest BCUT2D eigenvalue weighted by Gasteiger charge is 2.11. The first-order valence-corrected chi connectivity index (χ1v) is 5.01. The average molecular weight is 254 g/mol. The van der Waals surface area contributed by atoms with Crippen molar-refractivity contribution < 1.29 is 9.90 Å². The third kappa shape index (κ3) is 2.48. The van der Waals surface area contributed by atoms with Gasteiger partial charge in [0, 0.05) is 11.1 Å². The van der Waals surface area contributed by atoms with Gasteiger partial charge in [-0.2, -0.15) is 0 Å². The first kappa shape index (κ1) is 11.3. The average Bonchev–Trinajstić information content (AvgIpc) is 2.70. The summed E-state index contributed by atoms with van der Waals surface area (Å²) in [4.78, 5) is 22.5. The van der Waals surface area contributed by atoms with Crippen LogP contribution in [0, 0.1) is 0 Å². The molecular weight excluding hydrogens is 246 g/mol.